The van der Waals surface area contributed by atoms with Gasteiger partial charge in [0.15, 0.2) is 0 Å². The number of nitrogens with one attached hydrogen (secondary N) is 2. The van der Waals surface area contributed by atoms with Crippen molar-refractivity contribution in [2.24, 2.45) is 11.7 Å². The molecule has 1 heterocycles. The van der Waals surface area contributed by atoms with Crippen LogP contribution in [0.25, 0.3) is 0 Å². The Morgan fingerprint density at radius 3 is 2.20 bits per heavy atom. The lowest BCUT2D eigenvalue weighted by Crippen LogP contribution is -2.19. The molecule has 1 aliphatic rings. The summed E-state index contributed by atoms with van der Waals surface area (Å²) in [5.74, 6) is -0.652. The molecule has 10 heavy (non-hydrogen) atoms. The van der Waals surface area contributed by atoms with Crippen molar-refractivity contribution in [2.75, 3.05) is 0 Å². The first kappa shape index (κ1) is 6.67. The Morgan fingerprint density at radius 1 is 1.30 bits per heavy atom. The van der Waals surface area contributed by atoms with Gasteiger partial charge in [-0.2, -0.15) is 0 Å². The fourth-order valence-corrected chi connectivity index (χ4v) is 0.654. The van der Waals surface area contributed by atoms with Gasteiger partial charge in [-0.1, -0.05) is 12.2 Å². The van der Waals surface area contributed by atoms with Crippen molar-refractivity contribution in [1.29, 1.82) is 0 Å². The lowest BCUT2D eigenvalue weighted by atomic mass is 10.1. The smallest absolute Gasteiger partial charge is 0.228 e. The summed E-state index contributed by atoms with van der Waals surface area (Å²) in [6, 6.07) is 0. The maximum atomic E-state index is 10.6. The number of hydrogen-bond acceptors (Lipinski definition) is 3. The highest BCUT2D eigenvalue weighted by Gasteiger charge is 2.07. The van der Waals surface area contributed by atoms with Crippen LogP contribution in [0.4, 0.5) is 0 Å². The average molecular weight is 139 g/mol. The van der Waals surface area contributed by atoms with Crippen LogP contribution in [-0.2, 0) is 4.79 Å². The van der Waals surface area contributed by atoms with Crippen molar-refractivity contribution in [3.63, 3.8) is 0 Å². The minimum absolute atomic E-state index is 0.303. The van der Waals surface area contributed by atoms with Crippen LogP contribution in [0.1, 0.15) is 0 Å². The number of nitrogens with two attached hydrogens (primary N) is 1. The molecule has 0 fully saturated rings. The molecule has 0 saturated heterocycles. The van der Waals surface area contributed by atoms with Gasteiger partial charge in [-0.25, -0.2) is 0 Å². The molecular formula is C6H9N3O. The predicted molar refractivity (Wildman–Crippen MR) is 37.2 cm³/mol. The second-order valence-corrected chi connectivity index (χ2v) is 1.94. The van der Waals surface area contributed by atoms with Gasteiger partial charge in [-0.05, 0) is 0 Å². The van der Waals surface area contributed by atoms with Crippen molar-refractivity contribution in [3.8, 4) is 0 Å². The maximum absolute atomic E-state index is 10.6. The molecule has 0 unspecified atom stereocenters. The molecule has 0 aromatic carbocycles. The first-order valence-electron chi connectivity index (χ1n) is 2.94. The first-order chi connectivity index (χ1) is 4.80. The third-order valence-corrected chi connectivity index (χ3v) is 1.19. The van der Waals surface area contributed by atoms with E-state index in [2.05, 4.69) is 10.9 Å². The molecule has 1 rings (SSSR count). The van der Waals surface area contributed by atoms with Crippen LogP contribution in [0.3, 0.4) is 0 Å². The lowest BCUT2D eigenvalue weighted by Gasteiger charge is -1.96. The highest BCUT2D eigenvalue weighted by Crippen LogP contribution is 1.99. The van der Waals surface area contributed by atoms with Crippen molar-refractivity contribution in [3.05, 3.63) is 24.6 Å². The summed E-state index contributed by atoms with van der Waals surface area (Å²) in [6.07, 6.45) is 6.63. The van der Waals surface area contributed by atoms with Crippen molar-refractivity contribution in [2.45, 2.75) is 0 Å². The van der Waals surface area contributed by atoms with Gasteiger partial charge in [-0.15, -0.1) is 0 Å². The SMILES string of the molecule is NC(=O)C1C=CNNC=C1. The summed E-state index contributed by atoms with van der Waals surface area (Å²) >= 11 is 0. The van der Waals surface area contributed by atoms with E-state index in [1.165, 1.54) is 0 Å². The van der Waals surface area contributed by atoms with Crippen molar-refractivity contribution in [1.82, 2.24) is 10.9 Å². The van der Waals surface area contributed by atoms with E-state index in [0.717, 1.165) is 0 Å². The standard InChI is InChI=1S/C6H9N3O/c7-6(10)5-1-3-8-9-4-2-5/h1-5,8-9H,(H2,7,10). The molecule has 0 spiro atoms. The molecule has 4 N–H and O–H groups in total. The van der Waals surface area contributed by atoms with E-state index >= 15 is 0 Å². The van der Waals surface area contributed by atoms with Crippen molar-refractivity contribution < 1.29 is 4.79 Å². The maximum Gasteiger partial charge on any atom is 0.228 e. The zero-order valence-electron chi connectivity index (χ0n) is 5.37. The van der Waals surface area contributed by atoms with E-state index in [9.17, 15) is 4.79 Å². The Kier molecular flexibility index (Phi) is 1.94. The van der Waals surface area contributed by atoms with Gasteiger partial charge < -0.3 is 16.6 Å². The fraction of sp³-hybridized carbons (Fsp3) is 0.167. The van der Waals surface area contributed by atoms with Crippen LogP contribution in [-0.4, -0.2) is 5.91 Å². The van der Waals surface area contributed by atoms with E-state index in [1.807, 2.05) is 0 Å². The van der Waals surface area contributed by atoms with Crippen LogP contribution >= 0.6 is 0 Å². The van der Waals surface area contributed by atoms with E-state index < -0.39 is 0 Å². The van der Waals surface area contributed by atoms with Crippen LogP contribution in [0.5, 0.6) is 0 Å². The van der Waals surface area contributed by atoms with Gasteiger partial charge in [-0.3, -0.25) is 4.79 Å². The molecule has 0 saturated carbocycles. The molecule has 0 aromatic heterocycles. The van der Waals surface area contributed by atoms with Crippen LogP contribution in [0, 0.1) is 5.92 Å². The zero-order chi connectivity index (χ0) is 7.40. The van der Waals surface area contributed by atoms with E-state index in [4.69, 9.17) is 5.73 Å². The quantitative estimate of drug-likeness (QED) is 0.446. The number of primary amides is 1. The second kappa shape index (κ2) is 2.91. The van der Waals surface area contributed by atoms with Gasteiger partial charge in [0.2, 0.25) is 5.91 Å². The number of amides is 1. The highest BCUT2D eigenvalue weighted by atomic mass is 16.1. The number of hydrazine groups is 1. The molecule has 0 bridgehead atoms. The van der Waals surface area contributed by atoms with Crippen LogP contribution in [0.15, 0.2) is 24.6 Å². The molecule has 1 aliphatic heterocycles. The third kappa shape index (κ3) is 1.51. The van der Waals surface area contributed by atoms with Gasteiger partial charge in [0.25, 0.3) is 0 Å². The number of carbonyl (C=O) groups is 1. The zero-order valence-corrected chi connectivity index (χ0v) is 5.37. The number of rotatable bonds is 1. The van der Waals surface area contributed by atoms with Gasteiger partial charge in [0.1, 0.15) is 0 Å². The largest absolute Gasteiger partial charge is 0.369 e. The first-order valence-corrected chi connectivity index (χ1v) is 2.94. The normalized spacial score (nSPS) is 17.2. The molecular weight excluding hydrogens is 130 g/mol. The molecule has 0 aromatic rings. The minimum atomic E-state index is -0.349. The average Bonchev–Trinajstić information content (AvgIpc) is 2.12. The summed E-state index contributed by atoms with van der Waals surface area (Å²) in [6.45, 7) is 0. The molecule has 0 atom stereocenters. The molecule has 0 aliphatic carbocycles. The summed E-state index contributed by atoms with van der Waals surface area (Å²) < 4.78 is 0. The highest BCUT2D eigenvalue weighted by molar-refractivity contribution is 5.80. The molecule has 54 valence electrons. The van der Waals surface area contributed by atoms with Crippen molar-refractivity contribution >= 4 is 5.91 Å². The van der Waals surface area contributed by atoms with Gasteiger partial charge >= 0.3 is 0 Å². The lowest BCUT2D eigenvalue weighted by molar-refractivity contribution is -0.119. The Morgan fingerprint density at radius 2 is 1.80 bits per heavy atom. The monoisotopic (exact) mass is 139 g/mol. The van der Waals surface area contributed by atoms with Crippen LogP contribution < -0.4 is 16.6 Å². The minimum Gasteiger partial charge on any atom is -0.369 e. The second-order valence-electron chi connectivity index (χ2n) is 1.94. The Balaban J connectivity index is 2.64. The van der Waals surface area contributed by atoms with E-state index in [1.54, 1.807) is 24.6 Å². The predicted octanol–water partition coefficient (Wildman–Crippen LogP) is -0.777. The Hall–Kier alpha value is -1.45. The number of carbonyl (C=O) groups excluding carboxylic acids is 1. The Labute approximate surface area is 58.8 Å². The fourth-order valence-electron chi connectivity index (χ4n) is 0.654. The molecule has 1 amide bonds. The molecule has 4 nitrogen and oxygen atoms in total. The molecule has 4 heteroatoms. The topological polar surface area (TPSA) is 67.2 Å². The summed E-state index contributed by atoms with van der Waals surface area (Å²) in [7, 11) is 0. The summed E-state index contributed by atoms with van der Waals surface area (Å²) in [4.78, 5) is 10.6. The van der Waals surface area contributed by atoms with E-state index in [-0.39, 0.29) is 11.8 Å². The molecule has 0 radical (unpaired) electrons. The summed E-state index contributed by atoms with van der Waals surface area (Å²) in [5.41, 5.74) is 10.5. The third-order valence-electron chi connectivity index (χ3n) is 1.19. The van der Waals surface area contributed by atoms with Gasteiger partial charge in [0, 0.05) is 12.4 Å². The Bertz CT molecular complexity index is 171. The van der Waals surface area contributed by atoms with E-state index in [0.29, 0.717) is 0 Å². The number of hydrogen-bond donors (Lipinski definition) is 3. The van der Waals surface area contributed by atoms with Gasteiger partial charge in [0.05, 0.1) is 5.92 Å². The summed E-state index contributed by atoms with van der Waals surface area (Å²) in [5, 5.41) is 0. The van der Waals surface area contributed by atoms with Crippen LogP contribution in [0.2, 0.25) is 0 Å².